The summed E-state index contributed by atoms with van der Waals surface area (Å²) in [7, 11) is 1.65. The number of para-hydroxylation sites is 2. The Morgan fingerprint density at radius 1 is 1.10 bits per heavy atom. The summed E-state index contributed by atoms with van der Waals surface area (Å²) in [5, 5.41) is 13.2. The Hall–Kier alpha value is -2.00. The maximum Gasteiger partial charge on any atom is 0.141 e. The average molecular weight is 285 g/mol. The summed E-state index contributed by atoms with van der Waals surface area (Å²) in [5.74, 6) is 0.776. The van der Waals surface area contributed by atoms with E-state index in [1.165, 1.54) is 16.7 Å². The number of hydrogen-bond acceptors (Lipinski definition) is 3. The first-order valence-electron chi connectivity index (χ1n) is 7.15. The molecule has 0 aliphatic rings. The Kier molecular flexibility index (Phi) is 4.86. The van der Waals surface area contributed by atoms with Crippen LogP contribution in [0.4, 0.5) is 5.69 Å². The number of aliphatic hydroxyl groups is 1. The van der Waals surface area contributed by atoms with Crippen molar-refractivity contribution in [1.82, 2.24) is 0 Å². The van der Waals surface area contributed by atoms with E-state index in [0.717, 1.165) is 17.0 Å². The minimum Gasteiger partial charge on any atom is -0.495 e. The molecule has 2 aromatic rings. The number of benzene rings is 2. The molecule has 2 N–H and O–H groups in total. The quantitative estimate of drug-likeness (QED) is 0.878. The monoisotopic (exact) mass is 285 g/mol. The van der Waals surface area contributed by atoms with Gasteiger partial charge in [0.15, 0.2) is 0 Å². The maximum absolute atomic E-state index is 9.82. The van der Waals surface area contributed by atoms with Crippen LogP contribution in [0.25, 0.3) is 0 Å². The van der Waals surface area contributed by atoms with Crippen LogP contribution < -0.4 is 10.1 Å². The maximum atomic E-state index is 9.82. The van der Waals surface area contributed by atoms with Crippen molar-refractivity contribution in [1.29, 1.82) is 0 Å². The van der Waals surface area contributed by atoms with Gasteiger partial charge in [0, 0.05) is 0 Å². The lowest BCUT2D eigenvalue weighted by molar-refractivity contribution is 0.275. The molecule has 0 heterocycles. The number of aliphatic hydroxyl groups excluding tert-OH is 1. The second-order valence-electron chi connectivity index (χ2n) is 5.39. The number of aryl methyl sites for hydroxylation is 3. The van der Waals surface area contributed by atoms with Crippen LogP contribution in [0, 0.1) is 20.8 Å². The lowest BCUT2D eigenvalue weighted by Gasteiger charge is -2.23. The van der Waals surface area contributed by atoms with Gasteiger partial charge in [-0.1, -0.05) is 29.8 Å². The van der Waals surface area contributed by atoms with Crippen molar-refractivity contribution in [2.24, 2.45) is 0 Å². The first kappa shape index (κ1) is 15.4. The molecule has 0 saturated carbocycles. The number of hydrogen-bond donors (Lipinski definition) is 2. The molecule has 21 heavy (non-hydrogen) atoms. The van der Waals surface area contributed by atoms with Gasteiger partial charge in [0.2, 0.25) is 0 Å². The van der Waals surface area contributed by atoms with Crippen molar-refractivity contribution in [3.63, 3.8) is 0 Å². The summed E-state index contributed by atoms with van der Waals surface area (Å²) in [4.78, 5) is 0. The molecule has 0 amide bonds. The summed E-state index contributed by atoms with van der Waals surface area (Å²) >= 11 is 0. The van der Waals surface area contributed by atoms with Gasteiger partial charge in [-0.25, -0.2) is 0 Å². The van der Waals surface area contributed by atoms with Crippen molar-refractivity contribution >= 4 is 5.69 Å². The molecule has 3 nitrogen and oxygen atoms in total. The van der Waals surface area contributed by atoms with Gasteiger partial charge in [-0.2, -0.15) is 0 Å². The molecule has 112 valence electrons. The number of methoxy groups -OCH3 is 1. The molecule has 0 aromatic heterocycles. The molecule has 1 unspecified atom stereocenters. The Labute approximate surface area is 126 Å². The summed E-state index contributed by atoms with van der Waals surface area (Å²) < 4.78 is 5.36. The van der Waals surface area contributed by atoms with Crippen LogP contribution in [0.5, 0.6) is 5.75 Å². The van der Waals surface area contributed by atoms with Crippen molar-refractivity contribution in [3.8, 4) is 5.75 Å². The third-order valence-corrected chi connectivity index (χ3v) is 3.71. The molecule has 2 aromatic carbocycles. The molecular weight excluding hydrogens is 262 g/mol. The van der Waals surface area contributed by atoms with Crippen LogP contribution >= 0.6 is 0 Å². The average Bonchev–Trinajstić information content (AvgIpc) is 2.45. The first-order valence-corrected chi connectivity index (χ1v) is 7.15. The SMILES string of the molecule is COc1ccccc1NC(CO)c1c(C)cc(C)cc1C. The Morgan fingerprint density at radius 3 is 2.29 bits per heavy atom. The van der Waals surface area contributed by atoms with Gasteiger partial charge in [0.1, 0.15) is 5.75 Å². The van der Waals surface area contributed by atoms with Crippen LogP contribution in [0.1, 0.15) is 28.3 Å². The molecule has 0 fully saturated rings. The molecule has 0 spiro atoms. The van der Waals surface area contributed by atoms with Crippen LogP contribution in [0.2, 0.25) is 0 Å². The number of ether oxygens (including phenoxy) is 1. The first-order chi connectivity index (χ1) is 10.1. The highest BCUT2D eigenvalue weighted by Crippen LogP contribution is 2.30. The largest absolute Gasteiger partial charge is 0.495 e. The minimum atomic E-state index is -0.151. The van der Waals surface area contributed by atoms with Gasteiger partial charge in [0.05, 0.1) is 25.4 Å². The lowest BCUT2D eigenvalue weighted by atomic mass is 9.94. The van der Waals surface area contributed by atoms with E-state index in [4.69, 9.17) is 4.74 Å². The van der Waals surface area contributed by atoms with Gasteiger partial charge in [-0.15, -0.1) is 0 Å². The Morgan fingerprint density at radius 2 is 1.71 bits per heavy atom. The highest BCUT2D eigenvalue weighted by Gasteiger charge is 2.17. The zero-order valence-corrected chi connectivity index (χ0v) is 13.1. The molecular formula is C18H23NO2. The fourth-order valence-corrected chi connectivity index (χ4v) is 2.90. The molecule has 0 saturated heterocycles. The van der Waals surface area contributed by atoms with E-state index in [9.17, 15) is 5.11 Å². The zero-order valence-electron chi connectivity index (χ0n) is 13.1. The molecule has 0 aliphatic heterocycles. The minimum absolute atomic E-state index is 0.0305. The second kappa shape index (κ2) is 6.64. The molecule has 1 atom stereocenters. The van der Waals surface area contributed by atoms with Crippen LogP contribution in [-0.2, 0) is 0 Å². The molecule has 0 bridgehead atoms. The summed E-state index contributed by atoms with van der Waals surface area (Å²) in [6.07, 6.45) is 0. The second-order valence-corrected chi connectivity index (χ2v) is 5.39. The smallest absolute Gasteiger partial charge is 0.141 e. The number of nitrogens with one attached hydrogen (secondary N) is 1. The fraction of sp³-hybridized carbons (Fsp3) is 0.333. The van der Waals surface area contributed by atoms with E-state index >= 15 is 0 Å². The van der Waals surface area contributed by atoms with E-state index in [0.29, 0.717) is 0 Å². The van der Waals surface area contributed by atoms with Crippen molar-refractivity contribution in [2.45, 2.75) is 26.8 Å². The third-order valence-electron chi connectivity index (χ3n) is 3.71. The van der Waals surface area contributed by atoms with E-state index in [2.05, 4.69) is 38.2 Å². The van der Waals surface area contributed by atoms with Gasteiger partial charge in [0.25, 0.3) is 0 Å². The Balaban J connectivity index is 2.37. The van der Waals surface area contributed by atoms with E-state index in [-0.39, 0.29) is 12.6 Å². The van der Waals surface area contributed by atoms with Crippen LogP contribution in [-0.4, -0.2) is 18.8 Å². The third kappa shape index (κ3) is 3.37. The Bertz CT molecular complexity index is 599. The van der Waals surface area contributed by atoms with Gasteiger partial charge in [-0.3, -0.25) is 0 Å². The predicted molar refractivity (Wildman–Crippen MR) is 87.1 cm³/mol. The van der Waals surface area contributed by atoms with Crippen LogP contribution in [0.3, 0.4) is 0 Å². The summed E-state index contributed by atoms with van der Waals surface area (Å²) in [6, 6.07) is 11.9. The van der Waals surface area contributed by atoms with Gasteiger partial charge < -0.3 is 15.2 Å². The molecule has 3 heteroatoms. The highest BCUT2D eigenvalue weighted by molar-refractivity contribution is 5.58. The topological polar surface area (TPSA) is 41.5 Å². The molecule has 0 aliphatic carbocycles. The highest BCUT2D eigenvalue weighted by atomic mass is 16.5. The summed E-state index contributed by atoms with van der Waals surface area (Å²) in [6.45, 7) is 6.29. The van der Waals surface area contributed by atoms with E-state index in [1.807, 2.05) is 24.3 Å². The standard InChI is InChI=1S/C18H23NO2/c1-12-9-13(2)18(14(3)10-12)16(11-20)19-15-7-5-6-8-17(15)21-4/h5-10,16,19-20H,11H2,1-4H3. The number of anilines is 1. The molecule has 2 rings (SSSR count). The lowest BCUT2D eigenvalue weighted by Crippen LogP contribution is -2.18. The normalized spacial score (nSPS) is 12.0. The zero-order chi connectivity index (χ0) is 15.4. The fourth-order valence-electron chi connectivity index (χ4n) is 2.90. The van der Waals surface area contributed by atoms with Crippen molar-refractivity contribution in [2.75, 3.05) is 19.0 Å². The summed E-state index contributed by atoms with van der Waals surface area (Å²) in [5.41, 5.74) is 5.65. The predicted octanol–water partition coefficient (Wildman–Crippen LogP) is 3.77. The van der Waals surface area contributed by atoms with Gasteiger partial charge >= 0.3 is 0 Å². The van der Waals surface area contributed by atoms with Crippen molar-refractivity contribution in [3.05, 3.63) is 58.7 Å². The van der Waals surface area contributed by atoms with Gasteiger partial charge in [-0.05, 0) is 49.6 Å². The van der Waals surface area contributed by atoms with E-state index < -0.39 is 0 Å². The number of rotatable bonds is 5. The van der Waals surface area contributed by atoms with E-state index in [1.54, 1.807) is 7.11 Å². The van der Waals surface area contributed by atoms with Crippen LogP contribution in [0.15, 0.2) is 36.4 Å². The van der Waals surface area contributed by atoms with Crippen molar-refractivity contribution < 1.29 is 9.84 Å². The molecule has 0 radical (unpaired) electrons.